The van der Waals surface area contributed by atoms with Crippen molar-refractivity contribution in [3.05, 3.63) is 57.2 Å². The summed E-state index contributed by atoms with van der Waals surface area (Å²) in [4.78, 5) is 26.4. The van der Waals surface area contributed by atoms with E-state index in [1.165, 1.54) is 23.3 Å². The van der Waals surface area contributed by atoms with E-state index < -0.39 is 17.9 Å². The fourth-order valence-electron chi connectivity index (χ4n) is 2.37. The number of hydrogen-bond donors (Lipinski definition) is 1. The zero-order valence-electron chi connectivity index (χ0n) is 12.9. The zero-order chi connectivity index (χ0) is 17.0. The maximum atomic E-state index is 12.6. The van der Waals surface area contributed by atoms with Gasteiger partial charge in [-0.2, -0.15) is 0 Å². The average Bonchev–Trinajstić information content (AvgIpc) is 2.97. The Morgan fingerprint density at radius 1 is 1.22 bits per heavy atom. The fourth-order valence-corrected chi connectivity index (χ4v) is 3.47. The molecule has 4 nitrogen and oxygen atoms in total. The van der Waals surface area contributed by atoms with Crippen LogP contribution >= 0.6 is 22.9 Å². The molecule has 1 aromatic carbocycles. The minimum Gasteiger partial charge on any atom is -0.480 e. The van der Waals surface area contributed by atoms with Crippen molar-refractivity contribution in [3.63, 3.8) is 0 Å². The molecule has 1 heterocycles. The van der Waals surface area contributed by atoms with Gasteiger partial charge in [-0.1, -0.05) is 41.9 Å². The molecule has 0 spiro atoms. The van der Waals surface area contributed by atoms with E-state index in [9.17, 15) is 14.7 Å². The largest absolute Gasteiger partial charge is 0.480 e. The highest BCUT2D eigenvalue weighted by Gasteiger charge is 2.30. The number of amides is 1. The van der Waals surface area contributed by atoms with E-state index in [4.69, 9.17) is 11.6 Å². The molecular weight excluding hydrogens is 334 g/mol. The number of nitrogens with zero attached hydrogens (tertiary/aromatic N) is 1. The van der Waals surface area contributed by atoms with Crippen molar-refractivity contribution in [2.75, 3.05) is 7.05 Å². The number of likely N-dealkylation sites (N-methyl/N-ethyl adjacent to an activating group) is 1. The summed E-state index contributed by atoms with van der Waals surface area (Å²) in [7, 11) is 1.54. The molecule has 6 heteroatoms. The molecule has 122 valence electrons. The predicted molar refractivity (Wildman–Crippen MR) is 92.1 cm³/mol. The van der Waals surface area contributed by atoms with Crippen molar-refractivity contribution in [1.82, 2.24) is 4.90 Å². The first-order valence-electron chi connectivity index (χ1n) is 7.18. The van der Waals surface area contributed by atoms with Gasteiger partial charge in [-0.3, -0.25) is 4.79 Å². The third-order valence-corrected chi connectivity index (χ3v) is 5.18. The molecule has 2 atom stereocenters. The molecule has 0 aliphatic rings. The number of thiophene rings is 1. The minimum absolute atomic E-state index is 0.230. The van der Waals surface area contributed by atoms with Gasteiger partial charge in [0.05, 0.1) is 10.3 Å². The highest BCUT2D eigenvalue weighted by Crippen LogP contribution is 2.29. The second kappa shape index (κ2) is 7.62. The number of carboxylic acid groups (broad SMARTS) is 1. The molecule has 0 aliphatic heterocycles. The van der Waals surface area contributed by atoms with E-state index >= 15 is 0 Å². The number of halogens is 1. The third kappa shape index (κ3) is 4.33. The first-order chi connectivity index (χ1) is 10.9. The van der Waals surface area contributed by atoms with Crippen molar-refractivity contribution in [2.24, 2.45) is 0 Å². The third-order valence-electron chi connectivity index (χ3n) is 3.76. The number of benzene rings is 1. The van der Waals surface area contributed by atoms with Gasteiger partial charge in [-0.05, 0) is 24.6 Å². The van der Waals surface area contributed by atoms with Crippen LogP contribution < -0.4 is 0 Å². The van der Waals surface area contributed by atoms with E-state index in [-0.39, 0.29) is 12.3 Å². The van der Waals surface area contributed by atoms with Gasteiger partial charge in [0.2, 0.25) is 5.91 Å². The summed E-state index contributed by atoms with van der Waals surface area (Å²) in [5.41, 5.74) is 0.881. The molecule has 2 aromatic rings. The first kappa shape index (κ1) is 17.5. The molecule has 0 aliphatic carbocycles. The molecule has 1 amide bonds. The quantitative estimate of drug-likeness (QED) is 0.864. The first-order valence-corrected chi connectivity index (χ1v) is 8.38. The molecule has 0 fully saturated rings. The van der Waals surface area contributed by atoms with Gasteiger partial charge in [0, 0.05) is 18.3 Å². The number of rotatable bonds is 6. The summed E-state index contributed by atoms with van der Waals surface area (Å²) in [5.74, 6) is -1.66. The van der Waals surface area contributed by atoms with Gasteiger partial charge < -0.3 is 10.0 Å². The summed E-state index contributed by atoms with van der Waals surface area (Å²) >= 11 is 7.24. The molecule has 1 N–H and O–H groups in total. The normalized spacial score (nSPS) is 13.3. The Morgan fingerprint density at radius 3 is 2.39 bits per heavy atom. The van der Waals surface area contributed by atoms with Crippen LogP contribution in [-0.4, -0.2) is 35.0 Å². The van der Waals surface area contributed by atoms with Crippen LogP contribution in [0.15, 0.2) is 42.5 Å². The van der Waals surface area contributed by atoms with Crippen LogP contribution in [0.5, 0.6) is 0 Å². The number of carbonyl (C=O) groups excluding carboxylic acids is 1. The van der Waals surface area contributed by atoms with E-state index in [1.54, 1.807) is 19.1 Å². The van der Waals surface area contributed by atoms with E-state index in [1.807, 2.05) is 30.3 Å². The Kier molecular flexibility index (Phi) is 5.80. The zero-order valence-corrected chi connectivity index (χ0v) is 14.5. The molecular formula is C17H18ClNO3S. The second-order valence-corrected chi connectivity index (χ2v) is 7.10. The maximum absolute atomic E-state index is 12.6. The topological polar surface area (TPSA) is 57.6 Å². The molecule has 1 aromatic heterocycles. The van der Waals surface area contributed by atoms with E-state index in [0.717, 1.165) is 10.4 Å². The predicted octanol–water partition coefficient (Wildman–Crippen LogP) is 3.66. The SMILES string of the molecule is CC(C(=O)N(C)C(Cc1ccccc1)C(=O)O)c1ccc(Cl)s1. The Hall–Kier alpha value is -1.85. The second-order valence-electron chi connectivity index (χ2n) is 5.36. The molecule has 0 saturated carbocycles. The van der Waals surface area contributed by atoms with Crippen molar-refractivity contribution < 1.29 is 14.7 Å². The maximum Gasteiger partial charge on any atom is 0.326 e. The summed E-state index contributed by atoms with van der Waals surface area (Å²) in [6, 6.07) is 11.9. The van der Waals surface area contributed by atoms with Gasteiger partial charge in [0.1, 0.15) is 6.04 Å². The fraction of sp³-hybridized carbons (Fsp3) is 0.294. The van der Waals surface area contributed by atoms with Gasteiger partial charge in [0.25, 0.3) is 0 Å². The van der Waals surface area contributed by atoms with Gasteiger partial charge in [0.15, 0.2) is 0 Å². The molecule has 0 bridgehead atoms. The monoisotopic (exact) mass is 351 g/mol. The summed E-state index contributed by atoms with van der Waals surface area (Å²) < 4.78 is 0.612. The van der Waals surface area contributed by atoms with E-state index in [0.29, 0.717) is 4.34 Å². The molecule has 2 unspecified atom stereocenters. The van der Waals surface area contributed by atoms with Crippen LogP contribution in [0.1, 0.15) is 23.3 Å². The lowest BCUT2D eigenvalue weighted by Gasteiger charge is -2.27. The standard InChI is InChI=1S/C17H18ClNO3S/c1-11(14-8-9-15(18)23-14)16(20)19(2)13(17(21)22)10-12-6-4-3-5-7-12/h3-9,11,13H,10H2,1-2H3,(H,21,22). The number of aliphatic carboxylic acids is 1. The summed E-state index contributed by atoms with van der Waals surface area (Å²) in [5, 5.41) is 9.50. The Bertz CT molecular complexity index is 686. The van der Waals surface area contributed by atoms with Gasteiger partial charge >= 0.3 is 5.97 Å². The lowest BCUT2D eigenvalue weighted by molar-refractivity contribution is -0.149. The highest BCUT2D eigenvalue weighted by atomic mass is 35.5. The van der Waals surface area contributed by atoms with Crippen LogP contribution in [0.4, 0.5) is 0 Å². The lowest BCUT2D eigenvalue weighted by Crippen LogP contribution is -2.45. The molecule has 0 saturated heterocycles. The minimum atomic E-state index is -1.01. The van der Waals surface area contributed by atoms with Crippen molar-refractivity contribution in [3.8, 4) is 0 Å². The highest BCUT2D eigenvalue weighted by molar-refractivity contribution is 7.16. The average molecular weight is 352 g/mol. The molecule has 0 radical (unpaired) electrons. The smallest absolute Gasteiger partial charge is 0.326 e. The van der Waals surface area contributed by atoms with Crippen LogP contribution in [0.2, 0.25) is 4.34 Å². The molecule has 2 rings (SSSR count). The van der Waals surface area contributed by atoms with Crippen molar-refractivity contribution in [1.29, 1.82) is 0 Å². The van der Waals surface area contributed by atoms with Crippen LogP contribution in [0, 0.1) is 0 Å². The van der Waals surface area contributed by atoms with Crippen molar-refractivity contribution in [2.45, 2.75) is 25.3 Å². The number of hydrogen-bond acceptors (Lipinski definition) is 3. The Morgan fingerprint density at radius 2 is 1.87 bits per heavy atom. The van der Waals surface area contributed by atoms with Gasteiger partial charge in [-0.15, -0.1) is 11.3 Å². The molecule has 23 heavy (non-hydrogen) atoms. The van der Waals surface area contributed by atoms with Gasteiger partial charge in [-0.25, -0.2) is 4.79 Å². The lowest BCUT2D eigenvalue weighted by atomic mass is 10.0. The van der Waals surface area contributed by atoms with Crippen LogP contribution in [0.25, 0.3) is 0 Å². The summed E-state index contributed by atoms with van der Waals surface area (Å²) in [6.45, 7) is 1.77. The number of carbonyl (C=O) groups is 2. The Balaban J connectivity index is 2.15. The van der Waals surface area contributed by atoms with Crippen LogP contribution in [-0.2, 0) is 16.0 Å². The summed E-state index contributed by atoms with van der Waals surface area (Å²) in [6.07, 6.45) is 0.274. The van der Waals surface area contributed by atoms with Crippen LogP contribution in [0.3, 0.4) is 0 Å². The van der Waals surface area contributed by atoms with E-state index in [2.05, 4.69) is 0 Å². The number of carboxylic acids is 1. The Labute approximate surface area is 144 Å². The van der Waals surface area contributed by atoms with Crippen molar-refractivity contribution >= 4 is 34.8 Å².